The van der Waals surface area contributed by atoms with Crippen molar-refractivity contribution in [3.63, 3.8) is 0 Å². The normalized spacial score (nSPS) is 12.9. The van der Waals surface area contributed by atoms with Crippen molar-refractivity contribution >= 4 is 17.9 Å². The largest absolute Gasteiger partial charge is 0.462 e. The maximum atomic E-state index is 12.8. The van der Waals surface area contributed by atoms with Crippen molar-refractivity contribution in [2.75, 3.05) is 13.2 Å². The van der Waals surface area contributed by atoms with Gasteiger partial charge in [-0.3, -0.25) is 14.4 Å². The molecule has 0 aromatic rings. The van der Waals surface area contributed by atoms with Crippen molar-refractivity contribution in [3.8, 4) is 0 Å². The third-order valence-electron chi connectivity index (χ3n) is 12.3. The standard InChI is InChI=1S/C65H108O6/c1-4-7-10-13-15-17-19-21-23-25-27-29-31-32-34-35-37-39-41-43-45-47-49-52-55-58-64(67)70-61-62(60-69-63(66)57-54-51-12-9-6-3)71-65(68)59-56-53-50-48-46-44-42-40-38-36-33-30-28-26-24-22-20-18-16-14-11-8-5-2/h7,10,15,17,20-23,26-29,32,34,37,39,43,45,62H,4-6,8-9,11-14,16,18-19,24-25,30-31,33,35-36,38,40-42,44,46-61H2,1-3H3/b10-7-,17-15-,22-20-,23-21-,28-26-,29-27-,34-32-,39-37-,45-43-. The fourth-order valence-corrected chi connectivity index (χ4v) is 7.86. The lowest BCUT2D eigenvalue weighted by Gasteiger charge is -2.18. The number of carbonyl (C=O) groups excluding carboxylic acids is 3. The number of hydrogen-bond acceptors (Lipinski definition) is 6. The average molecular weight is 986 g/mol. The Hall–Kier alpha value is -3.93. The van der Waals surface area contributed by atoms with Crippen LogP contribution in [0.2, 0.25) is 0 Å². The molecule has 0 aliphatic heterocycles. The molecule has 0 bridgehead atoms. The number of hydrogen-bond donors (Lipinski definition) is 0. The Morgan fingerprint density at radius 3 is 0.873 bits per heavy atom. The molecule has 0 fully saturated rings. The SMILES string of the molecule is CC/C=C\C/C=C\C/C=C\C/C=C\C/C=C\C/C=C\C/C=C\CCCCCC(=O)OCC(COC(=O)CCCCCCC)OC(=O)CCCCCCCCCCCCC/C=C\C/C=C\CCCCCCC. The van der Waals surface area contributed by atoms with Crippen LogP contribution in [0.4, 0.5) is 0 Å². The molecular formula is C65H108O6. The fraction of sp³-hybridized carbons (Fsp3) is 0.677. The molecule has 1 unspecified atom stereocenters. The quantitative estimate of drug-likeness (QED) is 0.0261. The van der Waals surface area contributed by atoms with Gasteiger partial charge in [0.15, 0.2) is 6.10 Å². The van der Waals surface area contributed by atoms with Gasteiger partial charge in [-0.2, -0.15) is 0 Å². The van der Waals surface area contributed by atoms with Crippen molar-refractivity contribution in [1.29, 1.82) is 0 Å². The van der Waals surface area contributed by atoms with Crippen LogP contribution in [0.15, 0.2) is 109 Å². The summed E-state index contributed by atoms with van der Waals surface area (Å²) in [6.07, 6.45) is 79.8. The third kappa shape index (κ3) is 56.9. The Bertz CT molecular complexity index is 1460. The van der Waals surface area contributed by atoms with Crippen LogP contribution >= 0.6 is 0 Å². The first-order valence-corrected chi connectivity index (χ1v) is 29.4. The highest BCUT2D eigenvalue weighted by Crippen LogP contribution is 2.15. The molecule has 0 aliphatic rings. The van der Waals surface area contributed by atoms with Crippen LogP contribution in [0.5, 0.6) is 0 Å². The van der Waals surface area contributed by atoms with E-state index in [0.29, 0.717) is 19.3 Å². The molecule has 6 heteroatoms. The summed E-state index contributed by atoms with van der Waals surface area (Å²) in [6, 6.07) is 0. The van der Waals surface area contributed by atoms with E-state index >= 15 is 0 Å². The van der Waals surface area contributed by atoms with Crippen molar-refractivity contribution < 1.29 is 28.6 Å². The lowest BCUT2D eigenvalue weighted by Crippen LogP contribution is -2.30. The molecule has 0 amide bonds. The molecule has 0 aliphatic carbocycles. The van der Waals surface area contributed by atoms with E-state index in [1.54, 1.807) is 0 Å². The maximum absolute atomic E-state index is 12.8. The second-order valence-electron chi connectivity index (χ2n) is 19.2. The number of rotatable bonds is 52. The number of unbranched alkanes of at least 4 members (excludes halogenated alkanes) is 23. The van der Waals surface area contributed by atoms with Crippen LogP contribution in [0.1, 0.15) is 265 Å². The van der Waals surface area contributed by atoms with E-state index in [1.165, 1.54) is 96.3 Å². The first-order valence-electron chi connectivity index (χ1n) is 29.4. The highest BCUT2D eigenvalue weighted by atomic mass is 16.6. The third-order valence-corrected chi connectivity index (χ3v) is 12.3. The molecule has 0 rings (SSSR count). The molecular weight excluding hydrogens is 877 g/mol. The van der Waals surface area contributed by atoms with E-state index in [2.05, 4.69) is 130 Å². The lowest BCUT2D eigenvalue weighted by atomic mass is 10.0. The lowest BCUT2D eigenvalue weighted by molar-refractivity contribution is -0.167. The molecule has 1 atom stereocenters. The van der Waals surface area contributed by atoms with Crippen molar-refractivity contribution in [3.05, 3.63) is 109 Å². The zero-order valence-electron chi connectivity index (χ0n) is 46.2. The van der Waals surface area contributed by atoms with Gasteiger partial charge in [-0.15, -0.1) is 0 Å². The Balaban J connectivity index is 4.19. The van der Waals surface area contributed by atoms with E-state index in [9.17, 15) is 14.4 Å². The van der Waals surface area contributed by atoms with Gasteiger partial charge in [0, 0.05) is 19.3 Å². The maximum Gasteiger partial charge on any atom is 0.306 e. The van der Waals surface area contributed by atoms with Crippen LogP contribution in [0, 0.1) is 0 Å². The molecule has 0 aromatic carbocycles. The Labute approximate surface area is 438 Å². The summed E-state index contributed by atoms with van der Waals surface area (Å²) < 4.78 is 16.7. The van der Waals surface area contributed by atoms with Crippen molar-refractivity contribution in [2.45, 2.75) is 271 Å². The summed E-state index contributed by atoms with van der Waals surface area (Å²) in [5.41, 5.74) is 0. The average Bonchev–Trinajstić information content (AvgIpc) is 3.37. The van der Waals surface area contributed by atoms with Gasteiger partial charge in [-0.05, 0) is 109 Å². The summed E-state index contributed by atoms with van der Waals surface area (Å²) in [4.78, 5) is 37.8. The summed E-state index contributed by atoms with van der Waals surface area (Å²) in [6.45, 7) is 6.40. The Morgan fingerprint density at radius 1 is 0.296 bits per heavy atom. The van der Waals surface area contributed by atoms with E-state index in [1.807, 2.05) is 0 Å². The minimum absolute atomic E-state index is 0.0913. The minimum atomic E-state index is -0.791. The van der Waals surface area contributed by atoms with Crippen LogP contribution in [-0.4, -0.2) is 37.2 Å². The van der Waals surface area contributed by atoms with Gasteiger partial charge >= 0.3 is 17.9 Å². The smallest absolute Gasteiger partial charge is 0.306 e. The zero-order chi connectivity index (χ0) is 51.4. The van der Waals surface area contributed by atoms with E-state index in [0.717, 1.165) is 128 Å². The monoisotopic (exact) mass is 985 g/mol. The number of ether oxygens (including phenoxy) is 3. The minimum Gasteiger partial charge on any atom is -0.462 e. The van der Waals surface area contributed by atoms with E-state index < -0.39 is 6.10 Å². The molecule has 0 N–H and O–H groups in total. The van der Waals surface area contributed by atoms with Gasteiger partial charge < -0.3 is 14.2 Å². The highest BCUT2D eigenvalue weighted by Gasteiger charge is 2.19. The molecule has 0 aromatic heterocycles. The van der Waals surface area contributed by atoms with E-state index in [4.69, 9.17) is 14.2 Å². The predicted octanol–water partition coefficient (Wildman–Crippen LogP) is 19.9. The summed E-state index contributed by atoms with van der Waals surface area (Å²) in [5.74, 6) is -0.941. The molecule has 0 heterocycles. The first-order chi connectivity index (χ1) is 35.0. The van der Waals surface area contributed by atoms with Crippen molar-refractivity contribution in [1.82, 2.24) is 0 Å². The van der Waals surface area contributed by atoms with Gasteiger partial charge in [-0.1, -0.05) is 246 Å². The Morgan fingerprint density at radius 2 is 0.549 bits per heavy atom. The second-order valence-corrected chi connectivity index (χ2v) is 19.2. The first kappa shape index (κ1) is 67.1. The van der Waals surface area contributed by atoms with Gasteiger partial charge in [0.25, 0.3) is 0 Å². The van der Waals surface area contributed by atoms with Gasteiger partial charge in [0.2, 0.25) is 0 Å². The topological polar surface area (TPSA) is 78.9 Å². The van der Waals surface area contributed by atoms with E-state index in [-0.39, 0.29) is 31.1 Å². The van der Waals surface area contributed by atoms with Gasteiger partial charge in [0.05, 0.1) is 0 Å². The summed E-state index contributed by atoms with van der Waals surface area (Å²) in [5, 5.41) is 0. The van der Waals surface area contributed by atoms with Crippen LogP contribution < -0.4 is 0 Å². The van der Waals surface area contributed by atoms with Crippen LogP contribution in [-0.2, 0) is 28.6 Å². The zero-order valence-corrected chi connectivity index (χ0v) is 46.2. The van der Waals surface area contributed by atoms with Crippen LogP contribution in [0.25, 0.3) is 0 Å². The highest BCUT2D eigenvalue weighted by molar-refractivity contribution is 5.71. The Kier molecular flexibility index (Phi) is 55.4. The van der Waals surface area contributed by atoms with Gasteiger partial charge in [0.1, 0.15) is 13.2 Å². The number of carbonyl (C=O) groups is 3. The fourth-order valence-electron chi connectivity index (χ4n) is 7.86. The predicted molar refractivity (Wildman–Crippen MR) is 307 cm³/mol. The molecule has 6 nitrogen and oxygen atoms in total. The molecule has 0 saturated heterocycles. The molecule has 404 valence electrons. The molecule has 0 saturated carbocycles. The van der Waals surface area contributed by atoms with Gasteiger partial charge in [-0.25, -0.2) is 0 Å². The summed E-state index contributed by atoms with van der Waals surface area (Å²) >= 11 is 0. The number of esters is 3. The van der Waals surface area contributed by atoms with Crippen molar-refractivity contribution in [2.24, 2.45) is 0 Å². The number of allylic oxidation sites excluding steroid dienone is 18. The molecule has 0 spiro atoms. The molecule has 71 heavy (non-hydrogen) atoms. The summed E-state index contributed by atoms with van der Waals surface area (Å²) in [7, 11) is 0. The molecule has 0 radical (unpaired) electrons. The second kappa shape index (κ2) is 58.6. The van der Waals surface area contributed by atoms with Crippen LogP contribution in [0.3, 0.4) is 0 Å².